The largest absolute Gasteiger partial charge is 0.573 e. The molecule has 148 heavy (non-hydrogen) atoms. The van der Waals surface area contributed by atoms with E-state index < -0.39 is 70.2 Å². The minimum Gasteiger partial charge on any atom is -0.404 e. The molecule has 0 unspecified atom stereocenters. The molecule has 8 heterocycles. The fourth-order valence-corrected chi connectivity index (χ4v) is 15.1. The maximum absolute atomic E-state index is 13.9. The van der Waals surface area contributed by atoms with Gasteiger partial charge in [0.2, 0.25) is 29.7 Å². The molecule has 8 aromatic heterocycles. The van der Waals surface area contributed by atoms with Gasteiger partial charge in [-0.3, -0.25) is 85.0 Å². The summed E-state index contributed by atoms with van der Waals surface area (Å²) in [5.41, 5.74) is 33.3. The number of hydrogen-bond donors (Lipinski definition) is 17. The van der Waals surface area contributed by atoms with E-state index >= 15 is 0 Å². The van der Waals surface area contributed by atoms with Crippen molar-refractivity contribution in [1.29, 1.82) is 0 Å². The average Bonchev–Trinajstić information content (AvgIpc) is 1.78. The molecule has 0 spiro atoms. The van der Waals surface area contributed by atoms with Gasteiger partial charge in [-0.25, -0.2) is 61.8 Å². The molecule has 16 rings (SSSR count). The van der Waals surface area contributed by atoms with Gasteiger partial charge in [0, 0.05) is 140 Å². The Balaban J connectivity index is 0.000000166. The monoisotopic (exact) mass is 2030 g/mol. The number of nitrogens with zero attached hydrogens (tertiary/aromatic N) is 12. The van der Waals surface area contributed by atoms with Crippen LogP contribution in [-0.2, 0) is 52.9 Å². The number of anilines is 8. The highest BCUT2D eigenvalue weighted by molar-refractivity contribution is 6.01. The zero-order valence-corrected chi connectivity index (χ0v) is 80.8. The summed E-state index contributed by atoms with van der Waals surface area (Å²) in [6, 6.07) is 52.3. The Morgan fingerprint density at radius 3 is 1.14 bits per heavy atom. The molecule has 0 bridgehead atoms. The van der Waals surface area contributed by atoms with Crippen molar-refractivity contribution in [3.8, 4) is 50.3 Å². The zero-order chi connectivity index (χ0) is 105. The molecule has 0 saturated carbocycles. The molecule has 21 N–H and O–H groups in total. The summed E-state index contributed by atoms with van der Waals surface area (Å²) in [6.45, 7) is 13.8. The molecule has 16 aromatic rings. The second-order valence-corrected chi connectivity index (χ2v) is 33.9. The summed E-state index contributed by atoms with van der Waals surface area (Å²) in [4.78, 5) is 141. The number of carbonyl (C=O) groups excluding carboxylic acids is 3. The summed E-state index contributed by atoms with van der Waals surface area (Å²) in [6.07, 6.45) is 14.9. The highest BCUT2D eigenvalue weighted by Crippen LogP contribution is 2.32. The molecule has 0 aliphatic rings. The number of hydrogen-bond acceptors (Lipinski definition) is 25. The number of H-pyrrole nitrogens is 5. The van der Waals surface area contributed by atoms with Crippen molar-refractivity contribution in [1.82, 2.24) is 89.4 Å². The number of fused-ring (bicyclic) bond motifs is 1. The van der Waals surface area contributed by atoms with Crippen molar-refractivity contribution in [2.75, 3.05) is 89.6 Å². The predicted molar refractivity (Wildman–Crippen MR) is 554 cm³/mol. The van der Waals surface area contributed by atoms with E-state index in [1.165, 1.54) is 62.8 Å². The molecule has 0 atom stereocenters. The van der Waals surface area contributed by atoms with Crippen LogP contribution in [0.1, 0.15) is 76.0 Å². The molecule has 0 aliphatic carbocycles. The number of halogens is 7. The fraction of sp³-hybridized carbons (Fsp3) is 0.221. The smallest absolute Gasteiger partial charge is 0.404 e. The number of rotatable bonds is 39. The number of nitrogens with two attached hydrogens (primary N) is 4. The van der Waals surface area contributed by atoms with Gasteiger partial charge < -0.3 is 58.5 Å². The normalized spacial score (nSPS) is 11.1. The number of ether oxygens (including phenoxy) is 1. The molecule has 0 aliphatic heterocycles. The number of imidazole rings is 2. The molecule has 44 heteroatoms. The highest BCUT2D eigenvalue weighted by Gasteiger charge is 2.33. The van der Waals surface area contributed by atoms with Crippen LogP contribution in [-0.4, -0.2) is 161 Å². The van der Waals surface area contributed by atoms with Crippen molar-refractivity contribution in [2.45, 2.75) is 91.7 Å². The van der Waals surface area contributed by atoms with Crippen molar-refractivity contribution >= 4 is 75.9 Å². The van der Waals surface area contributed by atoms with E-state index in [1.807, 2.05) is 163 Å². The molecule has 768 valence electrons. The van der Waals surface area contributed by atoms with Gasteiger partial charge in [-0.05, 0) is 200 Å². The number of aromatic amines is 5. The van der Waals surface area contributed by atoms with Crippen LogP contribution in [0.25, 0.3) is 55.5 Å². The van der Waals surface area contributed by atoms with Crippen LogP contribution in [0.4, 0.5) is 91.9 Å². The number of nitrogens with one attached hydrogen (secondary N) is 13. The number of para-hydroxylation sites is 4. The number of alkyl halides is 3. The van der Waals surface area contributed by atoms with Crippen molar-refractivity contribution in [3.63, 3.8) is 0 Å². The third-order valence-electron chi connectivity index (χ3n) is 22.7. The van der Waals surface area contributed by atoms with Crippen LogP contribution in [0.3, 0.4) is 0 Å². The molecule has 0 radical (unpaired) electrons. The lowest BCUT2D eigenvalue weighted by molar-refractivity contribution is -0.274. The van der Waals surface area contributed by atoms with E-state index in [1.54, 1.807) is 37.2 Å². The van der Waals surface area contributed by atoms with Gasteiger partial charge in [0.05, 0.1) is 56.9 Å². The van der Waals surface area contributed by atoms with Gasteiger partial charge in [-0.15, -0.1) is 13.2 Å². The number of benzene rings is 8. The second kappa shape index (κ2) is 53.4. The standard InChI is InChI=1S/C28H28F3N7O3.C28H29F2N7O2.C27H30F2N8O2.C21H23N7O/c29-28(30,31)41-24-5-2-1-4-23(24)35-27(40)37-26-34-16-22(25(39)36-26)21-8-6-19(7-9-21)17-38(15-3-12-32)18-20-10-13-33-14-11-20;1-18-13-25(24(30)14-23(18)29)34-28(39)36-27-33-15-22(26(38)35-27)21-5-3-19(4-6-21)16-37(12-2-9-31)17-20-7-10-32-11-8-20;1-17-12-23(22(29)13-21(17)28)33-27(39)35-26-32-14-20(25(38)34-26)19-6-4-18(5-7-19)15-37(10-3-8-30)16-24-31-9-11-36(24)2;22-10-3-11-23-12-14-6-8-15(9-7-14)16-13-24-20(27-19(16)29)28-21-25-17-4-1-2-5-18(17)26-21/h1-2,4-11,13-14,16H,3,12,15,17-18,32H2,(H3,34,35,36,37,39,40);3-8,10-11,13-15H,2,9,12,16-17,31H2,1H3,(H3,33,34,35,36,38,39);4-7,9,11-14H,3,8,10,15-16,30H2,1-2H3,(H3,32,33,34,35,38,39);1-2,4-9,13,23H,3,10-12,22H2,(H3,24,25,26,27,28,29). The maximum atomic E-state index is 13.9. The highest BCUT2D eigenvalue weighted by atomic mass is 19.4. The molecular weight excluding hydrogens is 1920 g/mol. The minimum absolute atomic E-state index is 0.122. The Morgan fingerprint density at radius 1 is 0.392 bits per heavy atom. The Labute approximate surface area is 843 Å². The van der Waals surface area contributed by atoms with Gasteiger partial charge in [0.15, 0.2) is 5.75 Å². The first kappa shape index (κ1) is 108. The van der Waals surface area contributed by atoms with Gasteiger partial charge in [0.25, 0.3) is 22.2 Å². The van der Waals surface area contributed by atoms with E-state index in [4.69, 9.17) is 22.9 Å². The van der Waals surface area contributed by atoms with Crippen LogP contribution in [0.2, 0.25) is 0 Å². The Morgan fingerprint density at radius 2 is 0.757 bits per heavy atom. The summed E-state index contributed by atoms with van der Waals surface area (Å²) in [5.74, 6) is -2.49. The quantitative estimate of drug-likeness (QED) is 0.0126. The first-order chi connectivity index (χ1) is 71.5. The number of amides is 6. The molecule has 8 aromatic carbocycles. The lowest BCUT2D eigenvalue weighted by Gasteiger charge is -2.22. The van der Waals surface area contributed by atoms with Crippen molar-refractivity contribution in [2.24, 2.45) is 30.0 Å². The van der Waals surface area contributed by atoms with Crippen LogP contribution in [0, 0.1) is 37.1 Å². The van der Waals surface area contributed by atoms with E-state index in [-0.39, 0.29) is 57.2 Å². The van der Waals surface area contributed by atoms with Crippen molar-refractivity contribution in [3.05, 3.63) is 371 Å². The van der Waals surface area contributed by atoms with E-state index in [9.17, 15) is 64.3 Å². The Bertz CT molecular complexity index is 7320. The van der Waals surface area contributed by atoms with Crippen LogP contribution < -0.4 is 92.4 Å². The molecule has 37 nitrogen and oxygen atoms in total. The first-order valence-corrected chi connectivity index (χ1v) is 46.9. The van der Waals surface area contributed by atoms with Crippen LogP contribution in [0.15, 0.2) is 275 Å². The number of aryl methyl sites for hydroxylation is 3. The zero-order valence-electron chi connectivity index (χ0n) is 80.8. The summed E-state index contributed by atoms with van der Waals surface area (Å²) < 4.78 is 98.5. The minimum atomic E-state index is -4.93. The van der Waals surface area contributed by atoms with Crippen molar-refractivity contribution < 1.29 is 49.9 Å². The Kier molecular flexibility index (Phi) is 39.0. The Hall–Kier alpha value is -17.1. The molecule has 0 fully saturated rings. The predicted octanol–water partition coefficient (Wildman–Crippen LogP) is 15.4. The van der Waals surface area contributed by atoms with E-state index in [0.717, 1.165) is 133 Å². The topological polar surface area (TPSA) is 526 Å². The third kappa shape index (κ3) is 32.7. The first-order valence-electron chi connectivity index (χ1n) is 46.9. The fourth-order valence-electron chi connectivity index (χ4n) is 15.1. The number of pyridine rings is 2. The summed E-state index contributed by atoms with van der Waals surface area (Å²) in [5, 5.41) is 20.1. The van der Waals surface area contributed by atoms with E-state index in [0.29, 0.717) is 110 Å². The molecule has 0 saturated heterocycles. The third-order valence-corrected chi connectivity index (χ3v) is 22.7. The summed E-state index contributed by atoms with van der Waals surface area (Å²) in [7, 11) is 1.96. The van der Waals surface area contributed by atoms with Gasteiger partial charge in [-0.2, -0.15) is 0 Å². The lowest BCUT2D eigenvalue weighted by atomic mass is 10.1. The summed E-state index contributed by atoms with van der Waals surface area (Å²) >= 11 is 0. The van der Waals surface area contributed by atoms with Gasteiger partial charge >= 0.3 is 24.5 Å². The van der Waals surface area contributed by atoms with Gasteiger partial charge in [-0.1, -0.05) is 121 Å². The van der Waals surface area contributed by atoms with E-state index in [2.05, 4.69) is 127 Å². The number of urea groups is 3. The maximum Gasteiger partial charge on any atom is 0.573 e. The number of aromatic nitrogens is 14. The second-order valence-electron chi connectivity index (χ2n) is 33.9. The van der Waals surface area contributed by atoms with Crippen LogP contribution in [0.5, 0.6) is 5.75 Å². The number of carbonyl (C=O) groups is 3. The molecular formula is C104H110F7N29O8. The lowest BCUT2D eigenvalue weighted by Crippen LogP contribution is -2.27. The SMILES string of the molecule is Cc1cc(NC(=O)Nc2ncc(-c3ccc(CN(CCCN)Cc4ccncc4)cc3)c(=O)[nH]2)c(F)cc1F.Cc1cc(NC(=O)Nc2ncc(-c3ccc(CN(CCCN)Cc4nccn4C)cc3)c(=O)[nH]2)c(F)cc1F.NCCCN(Cc1ccncc1)Cc1ccc(-c2cnc(NC(=O)Nc3ccccc3OC(F)(F)F)[nH]c2=O)cc1.NCCCNCc1ccc(-c2cnc(Nc3nc4ccccc4[nH]3)[nH]c2=O)cc1. The van der Waals surface area contributed by atoms with Crippen LogP contribution >= 0.6 is 0 Å². The average molecular weight is 2030 g/mol. The van der Waals surface area contributed by atoms with Gasteiger partial charge in [0.1, 0.15) is 29.1 Å². The molecule has 6 amide bonds.